The quantitative estimate of drug-likeness (QED) is 0.443. The summed E-state index contributed by atoms with van der Waals surface area (Å²) >= 11 is 9.39. The second-order valence-corrected chi connectivity index (χ2v) is 10.5. The Morgan fingerprint density at radius 3 is 2.84 bits per heavy atom. The van der Waals surface area contributed by atoms with Crippen LogP contribution in [0.5, 0.6) is 0 Å². The van der Waals surface area contributed by atoms with E-state index >= 15 is 0 Å². The first-order valence-electron chi connectivity index (χ1n) is 10.4. The zero-order valence-corrected chi connectivity index (χ0v) is 19.9. The molecule has 1 fully saturated rings. The molecule has 1 aromatic carbocycles. The normalized spacial score (nSPS) is 15.1. The molecule has 1 aliphatic heterocycles. The molecule has 0 aliphatic carbocycles. The minimum Gasteiger partial charge on any atom is -0.382 e. The van der Waals surface area contributed by atoms with Crippen molar-refractivity contribution >= 4 is 67.8 Å². The van der Waals surface area contributed by atoms with E-state index in [-0.39, 0.29) is 5.91 Å². The molecule has 5 rings (SSSR count). The van der Waals surface area contributed by atoms with E-state index < -0.39 is 0 Å². The molecule has 1 aliphatic rings. The van der Waals surface area contributed by atoms with E-state index in [2.05, 4.69) is 14.5 Å². The van der Waals surface area contributed by atoms with Gasteiger partial charge in [-0.2, -0.15) is 0 Å². The Morgan fingerprint density at radius 2 is 2.09 bits per heavy atom. The van der Waals surface area contributed by atoms with Crippen molar-refractivity contribution in [1.82, 2.24) is 29.4 Å². The second-order valence-electron chi connectivity index (χ2n) is 7.89. The number of likely N-dealkylation sites (tertiary alicyclic amines) is 1. The first kappa shape index (κ1) is 21.4. The van der Waals surface area contributed by atoms with E-state index in [9.17, 15) is 4.79 Å². The van der Waals surface area contributed by atoms with Crippen LogP contribution in [-0.4, -0.2) is 48.4 Å². The Morgan fingerprint density at radius 1 is 1.28 bits per heavy atom. The molecule has 0 bridgehead atoms. The molecule has 2 N–H and O–H groups in total. The number of carbonyl (C=O) groups excluding carboxylic acids is 1. The van der Waals surface area contributed by atoms with Crippen LogP contribution in [0.25, 0.3) is 21.4 Å². The summed E-state index contributed by atoms with van der Waals surface area (Å²) in [4.78, 5) is 31.6. The number of nitrogens with zero attached hydrogens (tertiary/aromatic N) is 6. The highest BCUT2D eigenvalue weighted by atomic mass is 35.5. The first-order valence-corrected chi connectivity index (χ1v) is 12.5. The van der Waals surface area contributed by atoms with Gasteiger partial charge in [-0.25, -0.2) is 19.9 Å². The number of anilines is 1. The summed E-state index contributed by atoms with van der Waals surface area (Å²) in [6, 6.07) is 5.74. The minimum absolute atomic E-state index is 0.158. The maximum Gasteiger partial charge on any atom is 0.219 e. The molecule has 4 heterocycles. The van der Waals surface area contributed by atoms with Gasteiger partial charge in [0.1, 0.15) is 6.33 Å². The molecule has 0 unspecified atom stereocenters. The van der Waals surface area contributed by atoms with Gasteiger partial charge in [0.05, 0.1) is 15.2 Å². The number of imidazole rings is 1. The number of halogens is 1. The highest BCUT2D eigenvalue weighted by Gasteiger charge is 2.23. The van der Waals surface area contributed by atoms with E-state index in [0.717, 1.165) is 64.3 Å². The topological polar surface area (TPSA) is 103 Å². The number of aromatic nitrogens is 5. The van der Waals surface area contributed by atoms with Gasteiger partial charge in [0.15, 0.2) is 26.5 Å². The molecule has 8 nitrogen and oxygen atoms in total. The minimum atomic E-state index is 0.158. The van der Waals surface area contributed by atoms with Gasteiger partial charge in [0.2, 0.25) is 5.91 Å². The standard InChI is InChI=1S/C21H22ClN7OS2/c1-12(30)28-8-5-13(6-9-28)7-10-29-19-16(18(23)24-11-25-19)27-20(29)32-21-26-15-4-2-3-14(22)17(15)31-21/h2-4,11,13H,5-10H2,1H3,(H2,23,24,25). The van der Waals surface area contributed by atoms with Crippen LogP contribution in [0, 0.1) is 5.92 Å². The fourth-order valence-corrected chi connectivity index (χ4v) is 6.43. The zero-order valence-electron chi connectivity index (χ0n) is 17.5. The molecule has 0 atom stereocenters. The molecule has 11 heteroatoms. The van der Waals surface area contributed by atoms with Crippen molar-refractivity contribution in [1.29, 1.82) is 0 Å². The van der Waals surface area contributed by atoms with Gasteiger partial charge >= 0.3 is 0 Å². The van der Waals surface area contributed by atoms with Crippen LogP contribution >= 0.6 is 34.7 Å². The van der Waals surface area contributed by atoms with Crippen LogP contribution < -0.4 is 5.73 Å². The number of carbonyl (C=O) groups is 1. The van der Waals surface area contributed by atoms with Gasteiger partial charge in [0.25, 0.3) is 0 Å². The smallest absolute Gasteiger partial charge is 0.219 e. The second kappa shape index (κ2) is 8.84. The van der Waals surface area contributed by atoms with Crippen LogP contribution in [0.1, 0.15) is 26.2 Å². The summed E-state index contributed by atoms with van der Waals surface area (Å²) in [6.45, 7) is 4.06. The summed E-state index contributed by atoms with van der Waals surface area (Å²) in [5, 5.41) is 1.50. The summed E-state index contributed by atoms with van der Waals surface area (Å²) in [5.41, 5.74) is 8.32. The molecule has 0 radical (unpaired) electrons. The number of hydrogen-bond donors (Lipinski definition) is 1. The first-order chi connectivity index (χ1) is 15.5. The van der Waals surface area contributed by atoms with Crippen molar-refractivity contribution in [2.75, 3.05) is 18.8 Å². The molecule has 1 amide bonds. The van der Waals surface area contributed by atoms with Gasteiger partial charge in [0, 0.05) is 26.6 Å². The maximum absolute atomic E-state index is 11.6. The Bertz CT molecular complexity index is 1300. The van der Waals surface area contributed by atoms with Gasteiger partial charge in [-0.15, -0.1) is 11.3 Å². The van der Waals surface area contributed by atoms with E-state index in [1.165, 1.54) is 18.1 Å². The van der Waals surface area contributed by atoms with E-state index in [1.807, 2.05) is 23.1 Å². The zero-order chi connectivity index (χ0) is 22.2. The third-order valence-electron chi connectivity index (χ3n) is 5.87. The van der Waals surface area contributed by atoms with Crippen LogP contribution in [0.15, 0.2) is 34.0 Å². The number of piperidine rings is 1. The number of benzene rings is 1. The summed E-state index contributed by atoms with van der Waals surface area (Å²) < 4.78 is 3.95. The van der Waals surface area contributed by atoms with Gasteiger partial charge < -0.3 is 15.2 Å². The lowest BCUT2D eigenvalue weighted by Crippen LogP contribution is -2.37. The van der Waals surface area contributed by atoms with Crippen LogP contribution in [0.3, 0.4) is 0 Å². The van der Waals surface area contributed by atoms with Gasteiger partial charge in [-0.3, -0.25) is 4.79 Å². The molecule has 3 aromatic heterocycles. The molecular formula is C21H22ClN7OS2. The number of fused-ring (bicyclic) bond motifs is 2. The van der Waals surface area contributed by atoms with Crippen molar-refractivity contribution in [2.24, 2.45) is 5.92 Å². The molecule has 4 aromatic rings. The van der Waals surface area contributed by atoms with E-state index in [4.69, 9.17) is 27.3 Å². The van der Waals surface area contributed by atoms with Gasteiger partial charge in [-0.05, 0) is 49.1 Å². The third-order valence-corrected chi connectivity index (χ3v) is 8.46. The largest absolute Gasteiger partial charge is 0.382 e. The molecule has 32 heavy (non-hydrogen) atoms. The lowest BCUT2D eigenvalue weighted by Gasteiger charge is -2.31. The summed E-state index contributed by atoms with van der Waals surface area (Å²) in [5.74, 6) is 1.09. The number of hydrogen-bond acceptors (Lipinski definition) is 8. The van der Waals surface area contributed by atoms with Crippen LogP contribution in [0.2, 0.25) is 5.02 Å². The monoisotopic (exact) mass is 487 g/mol. The van der Waals surface area contributed by atoms with Crippen LogP contribution in [0.4, 0.5) is 5.82 Å². The number of rotatable bonds is 5. The molecular weight excluding hydrogens is 466 g/mol. The maximum atomic E-state index is 11.6. The predicted octanol–water partition coefficient (Wildman–Crippen LogP) is 4.47. The Kier molecular flexibility index (Phi) is 5.92. The Hall–Kier alpha value is -2.43. The fraction of sp³-hybridized carbons (Fsp3) is 0.381. The van der Waals surface area contributed by atoms with Crippen molar-refractivity contribution in [3.63, 3.8) is 0 Å². The SMILES string of the molecule is CC(=O)N1CCC(CCn2c(Sc3nc4cccc(Cl)c4s3)nc3c(N)ncnc32)CC1. The van der Waals surface area contributed by atoms with Crippen LogP contribution in [-0.2, 0) is 11.3 Å². The van der Waals surface area contributed by atoms with E-state index in [1.54, 1.807) is 18.3 Å². The number of aryl methyl sites for hydroxylation is 1. The lowest BCUT2D eigenvalue weighted by molar-refractivity contribution is -0.130. The van der Waals surface area contributed by atoms with Crippen molar-refractivity contribution in [3.05, 3.63) is 29.5 Å². The van der Waals surface area contributed by atoms with Crippen molar-refractivity contribution in [3.8, 4) is 0 Å². The molecule has 0 spiro atoms. The number of nitrogens with two attached hydrogens (primary N) is 1. The van der Waals surface area contributed by atoms with Gasteiger partial charge in [-0.1, -0.05) is 17.7 Å². The predicted molar refractivity (Wildman–Crippen MR) is 128 cm³/mol. The number of amides is 1. The van der Waals surface area contributed by atoms with Crippen molar-refractivity contribution in [2.45, 2.75) is 42.2 Å². The Labute approximate surface area is 198 Å². The molecule has 1 saturated heterocycles. The number of thiazole rings is 1. The average molecular weight is 488 g/mol. The third kappa shape index (κ3) is 4.14. The molecule has 166 valence electrons. The summed E-state index contributed by atoms with van der Waals surface area (Å²) in [6.07, 6.45) is 4.50. The Balaban J connectivity index is 1.41. The fourth-order valence-electron chi connectivity index (χ4n) is 4.08. The van der Waals surface area contributed by atoms with E-state index in [0.29, 0.717) is 22.3 Å². The number of nitrogen functional groups attached to an aromatic ring is 1. The summed E-state index contributed by atoms with van der Waals surface area (Å²) in [7, 11) is 0. The molecule has 0 saturated carbocycles. The average Bonchev–Trinajstić information content (AvgIpc) is 3.35. The lowest BCUT2D eigenvalue weighted by atomic mass is 9.93. The van der Waals surface area contributed by atoms with Crippen molar-refractivity contribution < 1.29 is 4.79 Å². The highest BCUT2D eigenvalue weighted by molar-refractivity contribution is 8.01. The highest BCUT2D eigenvalue weighted by Crippen LogP contribution is 2.38.